The number of ether oxygens (including phenoxy) is 1. The predicted octanol–water partition coefficient (Wildman–Crippen LogP) is 2.57. The van der Waals surface area contributed by atoms with Crippen molar-refractivity contribution >= 4 is 16.8 Å². The highest BCUT2D eigenvalue weighted by Crippen LogP contribution is 2.17. The van der Waals surface area contributed by atoms with Crippen molar-refractivity contribution in [3.63, 3.8) is 0 Å². The highest BCUT2D eigenvalue weighted by atomic mass is 16.5. The highest BCUT2D eigenvalue weighted by molar-refractivity contribution is 6.05. The van der Waals surface area contributed by atoms with Gasteiger partial charge in [-0.2, -0.15) is 0 Å². The number of rotatable bonds is 5. The molecule has 1 unspecified atom stereocenters. The van der Waals surface area contributed by atoms with Crippen LogP contribution in [-0.2, 0) is 4.74 Å². The summed E-state index contributed by atoms with van der Waals surface area (Å²) in [5, 5.41) is 4.07. The standard InChI is InChI=1S/C15H20N2O2/c1-10(2)13(9-19-3)17-15(18)12-6-4-5-11-7-8-16-14(11)12/h4-8,10,13,16H,9H2,1-3H3,(H,17,18). The van der Waals surface area contributed by atoms with E-state index in [1.54, 1.807) is 7.11 Å². The van der Waals surface area contributed by atoms with Crippen LogP contribution in [0.4, 0.5) is 0 Å². The Labute approximate surface area is 113 Å². The van der Waals surface area contributed by atoms with E-state index in [-0.39, 0.29) is 11.9 Å². The maximum atomic E-state index is 12.4. The van der Waals surface area contributed by atoms with Crippen LogP contribution in [0, 0.1) is 5.92 Å². The Morgan fingerprint density at radius 1 is 1.37 bits per heavy atom. The lowest BCUT2D eigenvalue weighted by Gasteiger charge is -2.21. The Morgan fingerprint density at radius 2 is 2.16 bits per heavy atom. The Kier molecular flexibility index (Phi) is 4.22. The lowest BCUT2D eigenvalue weighted by atomic mass is 10.0. The van der Waals surface area contributed by atoms with Gasteiger partial charge in [-0.1, -0.05) is 26.0 Å². The summed E-state index contributed by atoms with van der Waals surface area (Å²) in [6, 6.07) is 7.69. The first kappa shape index (κ1) is 13.6. The number of methoxy groups -OCH3 is 1. The minimum absolute atomic E-state index is 0.0164. The monoisotopic (exact) mass is 260 g/mol. The van der Waals surface area contributed by atoms with Crippen LogP contribution < -0.4 is 5.32 Å². The third kappa shape index (κ3) is 2.96. The third-order valence-electron chi connectivity index (χ3n) is 3.30. The lowest BCUT2D eigenvalue weighted by Crippen LogP contribution is -2.41. The number of nitrogens with one attached hydrogen (secondary N) is 2. The molecule has 0 bridgehead atoms. The number of hydrogen-bond donors (Lipinski definition) is 2. The van der Waals surface area contributed by atoms with Crippen molar-refractivity contribution in [3.8, 4) is 0 Å². The maximum absolute atomic E-state index is 12.4. The van der Waals surface area contributed by atoms with E-state index in [0.29, 0.717) is 18.1 Å². The molecule has 102 valence electrons. The van der Waals surface area contributed by atoms with Crippen LogP contribution in [0.25, 0.3) is 10.9 Å². The molecule has 0 fully saturated rings. The molecule has 1 aromatic carbocycles. The van der Waals surface area contributed by atoms with Gasteiger partial charge in [-0.25, -0.2) is 0 Å². The minimum atomic E-state index is -0.0659. The van der Waals surface area contributed by atoms with E-state index in [2.05, 4.69) is 24.1 Å². The van der Waals surface area contributed by atoms with Crippen LogP contribution in [0.15, 0.2) is 30.5 Å². The maximum Gasteiger partial charge on any atom is 0.253 e. The van der Waals surface area contributed by atoms with Gasteiger partial charge < -0.3 is 15.0 Å². The van der Waals surface area contributed by atoms with E-state index in [4.69, 9.17) is 4.74 Å². The van der Waals surface area contributed by atoms with Gasteiger partial charge >= 0.3 is 0 Å². The number of carbonyl (C=O) groups excluding carboxylic acids is 1. The van der Waals surface area contributed by atoms with Gasteiger partial charge in [-0.05, 0) is 18.1 Å². The van der Waals surface area contributed by atoms with Crippen molar-refractivity contribution in [1.82, 2.24) is 10.3 Å². The third-order valence-corrected chi connectivity index (χ3v) is 3.30. The molecule has 0 saturated heterocycles. The van der Waals surface area contributed by atoms with E-state index in [0.717, 1.165) is 10.9 Å². The summed E-state index contributed by atoms with van der Waals surface area (Å²) in [5.74, 6) is 0.260. The molecule has 0 radical (unpaired) electrons. The molecular formula is C15H20N2O2. The van der Waals surface area contributed by atoms with Gasteiger partial charge in [0, 0.05) is 18.7 Å². The fourth-order valence-corrected chi connectivity index (χ4v) is 2.10. The molecule has 2 N–H and O–H groups in total. The topological polar surface area (TPSA) is 54.1 Å². The van der Waals surface area contributed by atoms with Crippen molar-refractivity contribution in [2.24, 2.45) is 5.92 Å². The molecule has 4 nitrogen and oxygen atoms in total. The molecule has 0 spiro atoms. The van der Waals surface area contributed by atoms with Crippen molar-refractivity contribution in [2.45, 2.75) is 19.9 Å². The lowest BCUT2D eigenvalue weighted by molar-refractivity contribution is 0.0868. The van der Waals surface area contributed by atoms with Crippen molar-refractivity contribution in [3.05, 3.63) is 36.0 Å². The largest absolute Gasteiger partial charge is 0.383 e. The number of para-hydroxylation sites is 1. The quantitative estimate of drug-likeness (QED) is 0.868. The van der Waals surface area contributed by atoms with Gasteiger partial charge in [0.25, 0.3) is 5.91 Å². The number of carbonyl (C=O) groups is 1. The fraction of sp³-hybridized carbons (Fsp3) is 0.400. The van der Waals surface area contributed by atoms with Gasteiger partial charge in [0.05, 0.1) is 23.7 Å². The number of benzene rings is 1. The van der Waals surface area contributed by atoms with Crippen molar-refractivity contribution in [1.29, 1.82) is 0 Å². The Balaban J connectivity index is 2.21. The fourth-order valence-electron chi connectivity index (χ4n) is 2.10. The molecule has 1 amide bonds. The predicted molar refractivity (Wildman–Crippen MR) is 76.3 cm³/mol. The Morgan fingerprint density at radius 3 is 2.84 bits per heavy atom. The highest BCUT2D eigenvalue weighted by Gasteiger charge is 2.18. The molecular weight excluding hydrogens is 240 g/mol. The zero-order valence-electron chi connectivity index (χ0n) is 11.6. The van der Waals surface area contributed by atoms with E-state index >= 15 is 0 Å². The molecule has 0 aliphatic heterocycles. The minimum Gasteiger partial charge on any atom is -0.383 e. The second-order valence-corrected chi connectivity index (χ2v) is 5.03. The molecule has 1 aromatic heterocycles. The summed E-state index contributed by atoms with van der Waals surface area (Å²) >= 11 is 0. The molecule has 19 heavy (non-hydrogen) atoms. The van der Waals surface area contributed by atoms with Gasteiger partial charge in [-0.3, -0.25) is 4.79 Å². The Hall–Kier alpha value is -1.81. The zero-order valence-corrected chi connectivity index (χ0v) is 11.6. The number of fused-ring (bicyclic) bond motifs is 1. The van der Waals surface area contributed by atoms with Crippen molar-refractivity contribution in [2.75, 3.05) is 13.7 Å². The molecule has 1 heterocycles. The number of aromatic nitrogens is 1. The number of amides is 1. The van der Waals surface area contributed by atoms with Crippen molar-refractivity contribution < 1.29 is 9.53 Å². The van der Waals surface area contributed by atoms with E-state index in [9.17, 15) is 4.79 Å². The summed E-state index contributed by atoms with van der Waals surface area (Å²) in [6.07, 6.45) is 1.84. The van der Waals surface area contributed by atoms with Crippen LogP contribution in [-0.4, -0.2) is 30.6 Å². The average molecular weight is 260 g/mol. The van der Waals surface area contributed by atoms with Crippen LogP contribution in [0.1, 0.15) is 24.2 Å². The summed E-state index contributed by atoms with van der Waals surface area (Å²) in [5.41, 5.74) is 1.55. The second kappa shape index (κ2) is 5.89. The Bertz CT molecular complexity index is 560. The van der Waals surface area contributed by atoms with Gasteiger partial charge in [0.15, 0.2) is 0 Å². The molecule has 2 rings (SSSR count). The van der Waals surface area contributed by atoms with Gasteiger partial charge in [0.1, 0.15) is 0 Å². The molecule has 0 aliphatic carbocycles. The molecule has 4 heteroatoms. The number of H-pyrrole nitrogens is 1. The number of aromatic amines is 1. The summed E-state index contributed by atoms with van der Waals surface area (Å²) < 4.78 is 5.15. The van der Waals surface area contributed by atoms with Crippen LogP contribution >= 0.6 is 0 Å². The summed E-state index contributed by atoms with van der Waals surface area (Å²) in [4.78, 5) is 15.5. The van der Waals surface area contributed by atoms with Gasteiger partial charge in [-0.15, -0.1) is 0 Å². The summed E-state index contributed by atoms with van der Waals surface area (Å²) in [6.45, 7) is 4.66. The SMILES string of the molecule is COCC(NC(=O)c1cccc2cc[nH]c12)C(C)C. The van der Waals surface area contributed by atoms with Crippen LogP contribution in [0.3, 0.4) is 0 Å². The first-order valence-electron chi connectivity index (χ1n) is 6.49. The average Bonchev–Trinajstić information content (AvgIpc) is 2.85. The normalized spacial score (nSPS) is 12.8. The number of hydrogen-bond acceptors (Lipinski definition) is 2. The summed E-state index contributed by atoms with van der Waals surface area (Å²) in [7, 11) is 1.65. The first-order valence-corrected chi connectivity index (χ1v) is 6.49. The molecule has 2 aromatic rings. The van der Waals surface area contributed by atoms with Crippen LogP contribution in [0.5, 0.6) is 0 Å². The molecule has 0 aliphatic rings. The smallest absolute Gasteiger partial charge is 0.253 e. The first-order chi connectivity index (χ1) is 9.13. The van der Waals surface area contributed by atoms with E-state index in [1.807, 2.05) is 30.5 Å². The molecule has 0 saturated carbocycles. The van der Waals surface area contributed by atoms with E-state index in [1.165, 1.54) is 0 Å². The second-order valence-electron chi connectivity index (χ2n) is 5.03. The zero-order chi connectivity index (χ0) is 13.8. The molecule has 1 atom stereocenters. The van der Waals surface area contributed by atoms with E-state index < -0.39 is 0 Å². The van der Waals surface area contributed by atoms with Gasteiger partial charge in [0.2, 0.25) is 0 Å². The van der Waals surface area contributed by atoms with Crippen LogP contribution in [0.2, 0.25) is 0 Å².